The lowest BCUT2D eigenvalue weighted by Crippen LogP contribution is -2.40. The Morgan fingerprint density at radius 1 is 0.951 bits per heavy atom. The third-order valence-corrected chi connectivity index (χ3v) is 8.77. The van der Waals surface area contributed by atoms with Gasteiger partial charge < -0.3 is 9.47 Å². The van der Waals surface area contributed by atoms with Crippen LogP contribution in [0.5, 0.6) is 5.75 Å². The number of ether oxygens (including phenoxy) is 2. The van der Waals surface area contributed by atoms with Gasteiger partial charge in [0.05, 0.1) is 24.5 Å². The van der Waals surface area contributed by atoms with Crippen molar-refractivity contribution in [2.45, 2.75) is 122 Å². The fourth-order valence-electron chi connectivity index (χ4n) is 6.11. The van der Waals surface area contributed by atoms with Crippen molar-refractivity contribution in [3.63, 3.8) is 0 Å². The van der Waals surface area contributed by atoms with Gasteiger partial charge in [-0.2, -0.15) is 13.2 Å². The summed E-state index contributed by atoms with van der Waals surface area (Å²) in [7, 11) is 0. The second kappa shape index (κ2) is 15.4. The van der Waals surface area contributed by atoms with Crippen LogP contribution in [0, 0.1) is 17.8 Å². The number of hydrogen-bond donors (Lipinski definition) is 0. The molecule has 0 amide bonds. The number of benzene rings is 1. The van der Waals surface area contributed by atoms with Crippen LogP contribution < -0.4 is 4.74 Å². The van der Waals surface area contributed by atoms with Crippen molar-refractivity contribution in [3.05, 3.63) is 47.4 Å². The summed E-state index contributed by atoms with van der Waals surface area (Å²) in [5.74, 6) is -2.18. The first-order valence-corrected chi connectivity index (χ1v) is 15.9. The van der Waals surface area contributed by atoms with Crippen molar-refractivity contribution in [2.75, 3.05) is 13.2 Å². The van der Waals surface area contributed by atoms with Crippen molar-refractivity contribution in [1.29, 1.82) is 0 Å². The molecule has 2 aliphatic rings. The highest BCUT2D eigenvalue weighted by Crippen LogP contribution is 2.44. The highest BCUT2D eigenvalue weighted by Gasteiger charge is 2.49. The predicted molar refractivity (Wildman–Crippen MR) is 156 cm³/mol. The largest absolute Gasteiger partial charge is 0.494 e. The van der Waals surface area contributed by atoms with Crippen LogP contribution in [0.3, 0.4) is 0 Å². The summed E-state index contributed by atoms with van der Waals surface area (Å²) in [5.41, 5.74) is 0.439. The van der Waals surface area contributed by atoms with E-state index in [1.165, 1.54) is 38.2 Å². The number of fused-ring (bicyclic) bond motifs is 1. The number of rotatable bonds is 18. The summed E-state index contributed by atoms with van der Waals surface area (Å²) in [6.45, 7) is 4.61. The number of alkyl halides is 3. The molecule has 1 aromatic heterocycles. The van der Waals surface area contributed by atoms with E-state index in [2.05, 4.69) is 18.8 Å². The monoisotopic (exact) mass is 577 g/mol. The Labute approximate surface area is 243 Å². The zero-order chi connectivity index (χ0) is 29.2. The molecule has 0 radical (unpaired) electrons. The van der Waals surface area contributed by atoms with Crippen LogP contribution in [0.15, 0.2) is 30.3 Å². The quantitative estimate of drug-likeness (QED) is 0.100. The number of hydrogen-bond acceptors (Lipinski definition) is 3. The molecule has 0 spiro atoms. The molecule has 0 N–H and O–H groups in total. The number of halogens is 4. The first-order valence-electron chi connectivity index (χ1n) is 15.9. The van der Waals surface area contributed by atoms with Gasteiger partial charge in [-0.25, -0.2) is 9.37 Å². The molecule has 1 fully saturated rings. The van der Waals surface area contributed by atoms with Gasteiger partial charge in [0.2, 0.25) is 5.95 Å². The standard InChI is InChI=1S/C34H47F4NO2/c1-3-5-6-9-12-28(35)23-41-31-20-17-27-22-30(39-33(36)32(27)34(31,37)38)26-15-18-29(19-16-26)40-21-10-7-8-11-24(4-2)25-13-14-25/h15-16,18-19,22,24-25,28,31H,3-14,17,20-21,23H2,1-2H3. The van der Waals surface area contributed by atoms with Crippen LogP contribution in [0.1, 0.15) is 108 Å². The molecule has 1 heterocycles. The Morgan fingerprint density at radius 2 is 1.68 bits per heavy atom. The molecule has 7 heteroatoms. The number of aromatic nitrogens is 1. The average Bonchev–Trinajstić information content (AvgIpc) is 3.80. The van der Waals surface area contributed by atoms with E-state index >= 15 is 13.2 Å². The number of pyridine rings is 1. The molecule has 3 atom stereocenters. The molecular formula is C34H47F4NO2. The van der Waals surface area contributed by atoms with Gasteiger partial charge >= 0.3 is 5.92 Å². The Balaban J connectivity index is 1.27. The Kier molecular flexibility index (Phi) is 11.9. The summed E-state index contributed by atoms with van der Waals surface area (Å²) < 4.78 is 71.0. The van der Waals surface area contributed by atoms with Gasteiger partial charge in [-0.15, -0.1) is 0 Å². The molecule has 0 saturated heterocycles. The molecule has 2 aliphatic carbocycles. The first kappa shape index (κ1) is 31.8. The first-order chi connectivity index (χ1) is 19.8. The third kappa shape index (κ3) is 8.92. The predicted octanol–water partition coefficient (Wildman–Crippen LogP) is 9.99. The SMILES string of the molecule is CCCCCCC(F)COC1CCc2cc(-c3ccc(OCCCCCC(CC)C4CC4)cc3)nc(F)c2C1(F)F. The van der Waals surface area contributed by atoms with Crippen LogP contribution >= 0.6 is 0 Å². The summed E-state index contributed by atoms with van der Waals surface area (Å²) in [6.07, 6.45) is 10.2. The Morgan fingerprint density at radius 3 is 2.39 bits per heavy atom. The maximum absolute atomic E-state index is 15.3. The van der Waals surface area contributed by atoms with Gasteiger partial charge in [-0.3, -0.25) is 0 Å². The topological polar surface area (TPSA) is 31.4 Å². The van der Waals surface area contributed by atoms with E-state index in [0.717, 1.165) is 49.7 Å². The second-order valence-electron chi connectivity index (χ2n) is 12.0. The van der Waals surface area contributed by atoms with E-state index in [9.17, 15) is 4.39 Å². The second-order valence-corrected chi connectivity index (χ2v) is 12.0. The van der Waals surface area contributed by atoms with Crippen molar-refractivity contribution in [3.8, 4) is 17.0 Å². The fourth-order valence-corrected chi connectivity index (χ4v) is 6.11. The molecule has 2 aromatic rings. The molecule has 1 aromatic carbocycles. The molecular weight excluding hydrogens is 530 g/mol. The zero-order valence-corrected chi connectivity index (χ0v) is 24.8. The number of nitrogens with zero attached hydrogens (tertiary/aromatic N) is 1. The van der Waals surface area contributed by atoms with E-state index in [4.69, 9.17) is 9.47 Å². The van der Waals surface area contributed by atoms with Crippen LogP contribution in [0.25, 0.3) is 11.3 Å². The van der Waals surface area contributed by atoms with Crippen molar-refractivity contribution in [1.82, 2.24) is 4.98 Å². The summed E-state index contributed by atoms with van der Waals surface area (Å²) in [4.78, 5) is 3.89. The summed E-state index contributed by atoms with van der Waals surface area (Å²) >= 11 is 0. The zero-order valence-electron chi connectivity index (χ0n) is 24.8. The normalized spacial score (nSPS) is 19.5. The van der Waals surface area contributed by atoms with Crippen LogP contribution in [-0.4, -0.2) is 30.5 Å². The van der Waals surface area contributed by atoms with Crippen molar-refractivity contribution >= 4 is 0 Å². The van der Waals surface area contributed by atoms with E-state index < -0.39 is 36.3 Å². The maximum Gasteiger partial charge on any atom is 0.303 e. The highest BCUT2D eigenvalue weighted by atomic mass is 19.3. The van der Waals surface area contributed by atoms with Gasteiger partial charge in [0.1, 0.15) is 18.0 Å². The minimum Gasteiger partial charge on any atom is -0.494 e. The summed E-state index contributed by atoms with van der Waals surface area (Å²) in [6, 6.07) is 8.71. The Hall–Kier alpha value is -2.15. The third-order valence-electron chi connectivity index (χ3n) is 8.77. The van der Waals surface area contributed by atoms with Gasteiger partial charge in [-0.05, 0) is 86.3 Å². The number of unbranched alkanes of at least 4 members (excludes halogenated alkanes) is 5. The number of aryl methyl sites for hydroxylation is 1. The minimum atomic E-state index is -3.57. The molecule has 1 saturated carbocycles. The van der Waals surface area contributed by atoms with Gasteiger partial charge in [-0.1, -0.05) is 65.2 Å². The van der Waals surface area contributed by atoms with Crippen LogP contribution in [-0.2, 0) is 17.1 Å². The highest BCUT2D eigenvalue weighted by molar-refractivity contribution is 5.62. The van der Waals surface area contributed by atoms with Gasteiger partial charge in [0.15, 0.2) is 0 Å². The lowest BCUT2D eigenvalue weighted by Gasteiger charge is -2.33. The minimum absolute atomic E-state index is 0.00208. The molecule has 3 unspecified atom stereocenters. The smallest absolute Gasteiger partial charge is 0.303 e. The average molecular weight is 578 g/mol. The molecule has 4 rings (SSSR count). The van der Waals surface area contributed by atoms with Crippen molar-refractivity contribution < 1.29 is 27.0 Å². The lowest BCUT2D eigenvalue weighted by molar-refractivity contribution is -0.160. The summed E-state index contributed by atoms with van der Waals surface area (Å²) in [5, 5.41) is 0. The van der Waals surface area contributed by atoms with Gasteiger partial charge in [0.25, 0.3) is 0 Å². The van der Waals surface area contributed by atoms with E-state index in [1.54, 1.807) is 12.1 Å². The maximum atomic E-state index is 15.3. The van der Waals surface area contributed by atoms with Crippen LogP contribution in [0.2, 0.25) is 0 Å². The van der Waals surface area contributed by atoms with Crippen LogP contribution in [0.4, 0.5) is 17.6 Å². The van der Waals surface area contributed by atoms with E-state index in [0.29, 0.717) is 24.3 Å². The van der Waals surface area contributed by atoms with E-state index in [-0.39, 0.29) is 24.8 Å². The Bertz CT molecular complexity index is 1070. The fraction of sp³-hybridized carbons (Fsp3) is 0.676. The molecule has 0 bridgehead atoms. The lowest BCUT2D eigenvalue weighted by atomic mass is 9.86. The van der Waals surface area contributed by atoms with Gasteiger partial charge in [0, 0.05) is 5.56 Å². The molecule has 0 aliphatic heterocycles. The molecule has 3 nitrogen and oxygen atoms in total. The van der Waals surface area contributed by atoms with E-state index in [1.807, 2.05) is 12.1 Å². The van der Waals surface area contributed by atoms with Crippen molar-refractivity contribution in [2.24, 2.45) is 11.8 Å². The molecule has 41 heavy (non-hydrogen) atoms. The molecule has 228 valence electrons.